The molecule has 1 atom stereocenters. The Kier molecular flexibility index (Phi) is 4.73. The Bertz CT molecular complexity index is 1190. The minimum atomic E-state index is -0.282. The third-order valence-corrected chi connectivity index (χ3v) is 5.14. The lowest BCUT2D eigenvalue weighted by Crippen LogP contribution is -2.20. The zero-order valence-corrected chi connectivity index (χ0v) is 16.6. The first-order chi connectivity index (χ1) is 13.4. The molecule has 28 heavy (non-hydrogen) atoms. The molecule has 0 bridgehead atoms. The van der Waals surface area contributed by atoms with Gasteiger partial charge < -0.3 is 10.3 Å². The van der Waals surface area contributed by atoms with Crippen LogP contribution in [-0.2, 0) is 0 Å². The fourth-order valence-electron chi connectivity index (χ4n) is 3.46. The van der Waals surface area contributed by atoms with Crippen molar-refractivity contribution >= 4 is 39.7 Å². The monoisotopic (exact) mass is 393 g/mol. The number of halogens is 1. The highest BCUT2D eigenvalue weighted by Crippen LogP contribution is 2.25. The Hall–Kier alpha value is -2.99. The van der Waals surface area contributed by atoms with Crippen LogP contribution in [0.3, 0.4) is 0 Å². The number of allylic oxidation sites excluding steroid dienone is 1. The highest BCUT2D eigenvalue weighted by Gasteiger charge is 2.18. The maximum Gasteiger partial charge on any atom is 0.253 e. The second-order valence-electron chi connectivity index (χ2n) is 6.97. The molecule has 2 N–H and O–H groups in total. The van der Waals surface area contributed by atoms with Crippen molar-refractivity contribution in [3.05, 3.63) is 68.7 Å². The standard InChI is InChI=1S/C21H20ClN5O/c1-11-10-24-13(3)19(11)18-6-7-23-21(27-18)25-12(2)16-9-14-8-15(22)4-5-17(14)26-20(16)28/h4-9,12H,10H2,1-3H3,(H,26,28)(H,23,25,27)/t12-/m0/s1. The second kappa shape index (κ2) is 7.20. The maximum atomic E-state index is 12.5. The summed E-state index contributed by atoms with van der Waals surface area (Å²) in [7, 11) is 0. The number of rotatable bonds is 4. The fraction of sp³-hybridized carbons (Fsp3) is 0.238. The van der Waals surface area contributed by atoms with Crippen LogP contribution in [0.1, 0.15) is 38.1 Å². The van der Waals surface area contributed by atoms with Crippen molar-refractivity contribution in [2.24, 2.45) is 4.99 Å². The average Bonchev–Trinajstić information content (AvgIpc) is 3.00. The first-order valence-corrected chi connectivity index (χ1v) is 9.44. The van der Waals surface area contributed by atoms with Gasteiger partial charge in [-0.3, -0.25) is 9.79 Å². The van der Waals surface area contributed by atoms with E-state index in [0.29, 0.717) is 23.1 Å². The quantitative estimate of drug-likeness (QED) is 0.688. The van der Waals surface area contributed by atoms with Crippen molar-refractivity contribution in [3.8, 4) is 0 Å². The first-order valence-electron chi connectivity index (χ1n) is 9.06. The Balaban J connectivity index is 1.65. The zero-order chi connectivity index (χ0) is 19.8. The van der Waals surface area contributed by atoms with Crippen LogP contribution < -0.4 is 10.9 Å². The predicted octanol–water partition coefficient (Wildman–Crippen LogP) is 4.39. The molecule has 1 aliphatic heterocycles. The largest absolute Gasteiger partial charge is 0.347 e. The Morgan fingerprint density at radius 3 is 2.79 bits per heavy atom. The van der Waals surface area contributed by atoms with Crippen LogP contribution in [0.15, 0.2) is 51.9 Å². The smallest absolute Gasteiger partial charge is 0.253 e. The van der Waals surface area contributed by atoms with Gasteiger partial charge in [0.15, 0.2) is 0 Å². The van der Waals surface area contributed by atoms with Gasteiger partial charge in [0.25, 0.3) is 5.56 Å². The highest BCUT2D eigenvalue weighted by atomic mass is 35.5. The van der Waals surface area contributed by atoms with E-state index in [4.69, 9.17) is 11.6 Å². The Morgan fingerprint density at radius 1 is 1.21 bits per heavy atom. The van der Waals surface area contributed by atoms with E-state index < -0.39 is 0 Å². The number of pyridine rings is 1. The van der Waals surface area contributed by atoms with Gasteiger partial charge in [0.2, 0.25) is 5.95 Å². The molecule has 0 fully saturated rings. The molecule has 3 aromatic rings. The minimum absolute atomic E-state index is 0.150. The third kappa shape index (κ3) is 3.43. The van der Waals surface area contributed by atoms with Crippen molar-refractivity contribution < 1.29 is 0 Å². The van der Waals surface area contributed by atoms with Crippen LogP contribution in [0.2, 0.25) is 5.02 Å². The molecular weight excluding hydrogens is 374 g/mol. The van der Waals surface area contributed by atoms with E-state index in [1.807, 2.05) is 32.0 Å². The fourth-order valence-corrected chi connectivity index (χ4v) is 3.64. The summed E-state index contributed by atoms with van der Waals surface area (Å²) in [6, 6.07) is 8.83. The summed E-state index contributed by atoms with van der Waals surface area (Å²) in [4.78, 5) is 28.8. The van der Waals surface area contributed by atoms with Crippen molar-refractivity contribution in [1.82, 2.24) is 15.0 Å². The summed E-state index contributed by atoms with van der Waals surface area (Å²) in [5, 5.41) is 4.74. The van der Waals surface area contributed by atoms with Crippen LogP contribution in [0.25, 0.3) is 16.5 Å². The Morgan fingerprint density at radius 2 is 2.04 bits per heavy atom. The number of hydrogen-bond donors (Lipinski definition) is 2. The molecule has 0 unspecified atom stereocenters. The van der Waals surface area contributed by atoms with Gasteiger partial charge in [0.05, 0.1) is 18.3 Å². The molecule has 0 radical (unpaired) electrons. The molecule has 2 aromatic heterocycles. The molecule has 0 amide bonds. The lowest BCUT2D eigenvalue weighted by molar-refractivity contribution is 0.844. The molecule has 1 aliphatic rings. The van der Waals surface area contributed by atoms with Crippen LogP contribution in [-0.4, -0.2) is 27.2 Å². The van der Waals surface area contributed by atoms with Gasteiger partial charge in [0, 0.05) is 39.0 Å². The number of aliphatic imine (C=N–C) groups is 1. The van der Waals surface area contributed by atoms with Crippen molar-refractivity contribution in [2.75, 3.05) is 11.9 Å². The number of aromatic nitrogens is 3. The van der Waals surface area contributed by atoms with Crippen LogP contribution in [0, 0.1) is 0 Å². The predicted molar refractivity (Wildman–Crippen MR) is 114 cm³/mol. The number of aromatic amines is 1. The van der Waals surface area contributed by atoms with Gasteiger partial charge in [-0.2, -0.15) is 0 Å². The van der Waals surface area contributed by atoms with Crippen molar-refractivity contribution in [2.45, 2.75) is 26.8 Å². The number of anilines is 1. The van der Waals surface area contributed by atoms with Crippen molar-refractivity contribution in [3.63, 3.8) is 0 Å². The summed E-state index contributed by atoms with van der Waals surface area (Å²) >= 11 is 6.08. The molecule has 0 saturated carbocycles. The molecule has 6 nitrogen and oxygen atoms in total. The third-order valence-electron chi connectivity index (χ3n) is 4.90. The molecule has 0 aliphatic carbocycles. The SMILES string of the molecule is CC1=NCC(C)=C1c1ccnc(N[C@@H](C)c2cc3cc(Cl)ccc3[nH]c2=O)n1. The summed E-state index contributed by atoms with van der Waals surface area (Å²) in [6.07, 6.45) is 1.72. The minimum Gasteiger partial charge on any atom is -0.347 e. The van der Waals surface area contributed by atoms with Crippen LogP contribution in [0.4, 0.5) is 5.95 Å². The lowest BCUT2D eigenvalue weighted by Gasteiger charge is -2.15. The van der Waals surface area contributed by atoms with Gasteiger partial charge >= 0.3 is 0 Å². The summed E-state index contributed by atoms with van der Waals surface area (Å²) in [6.45, 7) is 6.67. The summed E-state index contributed by atoms with van der Waals surface area (Å²) < 4.78 is 0. The number of nitrogens with zero attached hydrogens (tertiary/aromatic N) is 3. The van der Waals surface area contributed by atoms with E-state index in [1.165, 1.54) is 5.57 Å². The van der Waals surface area contributed by atoms with Crippen molar-refractivity contribution in [1.29, 1.82) is 0 Å². The highest BCUT2D eigenvalue weighted by molar-refractivity contribution is 6.31. The van der Waals surface area contributed by atoms with E-state index in [0.717, 1.165) is 27.9 Å². The number of nitrogens with one attached hydrogen (secondary N) is 2. The number of hydrogen-bond acceptors (Lipinski definition) is 5. The van der Waals surface area contributed by atoms with Gasteiger partial charge in [0.1, 0.15) is 0 Å². The van der Waals surface area contributed by atoms with E-state index >= 15 is 0 Å². The molecule has 0 spiro atoms. The van der Waals surface area contributed by atoms with E-state index in [-0.39, 0.29) is 11.6 Å². The van der Waals surface area contributed by atoms with Crippen LogP contribution >= 0.6 is 11.6 Å². The van der Waals surface area contributed by atoms with Gasteiger partial charge in [-0.15, -0.1) is 0 Å². The van der Waals surface area contributed by atoms with Gasteiger partial charge in [-0.05, 0) is 56.7 Å². The summed E-state index contributed by atoms with van der Waals surface area (Å²) in [5.41, 5.74) is 5.27. The number of benzene rings is 1. The average molecular weight is 394 g/mol. The molecular formula is C21H20ClN5O. The lowest BCUT2D eigenvalue weighted by atomic mass is 10.0. The number of H-pyrrole nitrogens is 1. The first kappa shape index (κ1) is 18.4. The van der Waals surface area contributed by atoms with E-state index in [9.17, 15) is 4.79 Å². The van der Waals surface area contributed by atoms with Crippen LogP contribution in [0.5, 0.6) is 0 Å². The van der Waals surface area contributed by atoms with E-state index in [2.05, 4.69) is 32.2 Å². The molecule has 3 heterocycles. The normalized spacial score (nSPS) is 15.1. The molecule has 1 aromatic carbocycles. The molecule has 142 valence electrons. The second-order valence-corrected chi connectivity index (χ2v) is 7.41. The number of fused-ring (bicyclic) bond motifs is 1. The molecule has 7 heteroatoms. The zero-order valence-electron chi connectivity index (χ0n) is 15.9. The van der Waals surface area contributed by atoms with Gasteiger partial charge in [-0.25, -0.2) is 9.97 Å². The molecule has 4 rings (SSSR count). The topological polar surface area (TPSA) is 83.0 Å². The molecule has 0 saturated heterocycles. The van der Waals surface area contributed by atoms with E-state index in [1.54, 1.807) is 18.3 Å². The Labute approximate surface area is 167 Å². The maximum absolute atomic E-state index is 12.5. The van der Waals surface area contributed by atoms with Gasteiger partial charge in [-0.1, -0.05) is 11.6 Å². The summed E-state index contributed by atoms with van der Waals surface area (Å²) in [5.74, 6) is 0.468.